The Bertz CT molecular complexity index is 1070. The van der Waals surface area contributed by atoms with Crippen LogP contribution in [0.15, 0.2) is 34.5 Å². The average Bonchev–Trinajstić information content (AvgIpc) is 3.21. The van der Waals surface area contributed by atoms with Crippen molar-refractivity contribution in [2.24, 2.45) is 11.8 Å². The van der Waals surface area contributed by atoms with Crippen molar-refractivity contribution in [2.75, 3.05) is 25.5 Å². The van der Waals surface area contributed by atoms with Crippen LogP contribution in [0, 0.1) is 18.8 Å². The van der Waals surface area contributed by atoms with E-state index < -0.39 is 16.1 Å². The predicted molar refractivity (Wildman–Crippen MR) is 127 cm³/mol. The molecule has 33 heavy (non-hydrogen) atoms. The maximum absolute atomic E-state index is 13.2. The molecule has 1 saturated heterocycles. The molecule has 1 aliphatic rings. The van der Waals surface area contributed by atoms with E-state index in [0.717, 1.165) is 5.69 Å². The van der Waals surface area contributed by atoms with Crippen molar-refractivity contribution < 1.29 is 22.7 Å². The Morgan fingerprint density at radius 3 is 2.33 bits per heavy atom. The second kappa shape index (κ2) is 10.6. The molecule has 9 nitrogen and oxygen atoms in total. The molecule has 2 amide bonds. The molecular formula is C22H30N4O5S2. The van der Waals surface area contributed by atoms with E-state index in [9.17, 15) is 18.0 Å². The smallest absolute Gasteiger partial charge is 0.241 e. The molecule has 2 N–H and O–H groups in total. The molecule has 0 radical (unpaired) electrons. The van der Waals surface area contributed by atoms with Crippen LogP contribution < -0.4 is 14.8 Å². The zero-order valence-corrected chi connectivity index (χ0v) is 20.8. The van der Waals surface area contributed by atoms with E-state index in [-0.39, 0.29) is 28.5 Å². The van der Waals surface area contributed by atoms with E-state index in [1.165, 1.54) is 30.6 Å². The summed E-state index contributed by atoms with van der Waals surface area (Å²) in [6, 6.07) is 5.10. The molecule has 0 unspecified atom stereocenters. The number of nitrogens with one attached hydrogen (secondary N) is 2. The van der Waals surface area contributed by atoms with Gasteiger partial charge < -0.3 is 15.0 Å². The Labute approximate surface area is 198 Å². The van der Waals surface area contributed by atoms with Crippen molar-refractivity contribution in [3.63, 3.8) is 0 Å². The molecule has 1 fully saturated rings. The standard InChI is InChI=1S/C22H30N4O5S2/c1-14(2)19(25-33(29,30)18-7-5-17(31-4)6-8-18)21(28)26-11-9-16(10-12-26)20(27)24-22-23-15(3)13-32-22/h5-8,13-14,16,19,25H,9-12H2,1-4H3,(H,23,24,27)/t19-/m0/s1. The Kier molecular flexibility index (Phi) is 8.09. The molecule has 1 aromatic carbocycles. The SMILES string of the molecule is COc1ccc(S(=O)(=O)N[C@H](C(=O)N2CCC(C(=O)Nc3nc(C)cs3)CC2)C(C)C)cc1. The highest BCUT2D eigenvalue weighted by Crippen LogP contribution is 2.23. The molecule has 2 aromatic rings. The summed E-state index contributed by atoms with van der Waals surface area (Å²) in [5, 5.41) is 5.28. The van der Waals surface area contributed by atoms with Gasteiger partial charge >= 0.3 is 0 Å². The van der Waals surface area contributed by atoms with Gasteiger partial charge in [0.1, 0.15) is 11.8 Å². The van der Waals surface area contributed by atoms with Crippen LogP contribution >= 0.6 is 11.3 Å². The molecule has 0 bridgehead atoms. The Hall–Kier alpha value is -2.50. The zero-order valence-electron chi connectivity index (χ0n) is 19.2. The van der Waals surface area contributed by atoms with E-state index in [0.29, 0.717) is 36.8 Å². The number of likely N-dealkylation sites (tertiary alicyclic amines) is 1. The summed E-state index contributed by atoms with van der Waals surface area (Å²) in [4.78, 5) is 31.7. The van der Waals surface area contributed by atoms with Gasteiger partial charge in [-0.05, 0) is 49.9 Å². The summed E-state index contributed by atoms with van der Waals surface area (Å²) in [6.07, 6.45) is 1.02. The van der Waals surface area contributed by atoms with Crippen molar-refractivity contribution >= 4 is 38.3 Å². The van der Waals surface area contributed by atoms with Crippen molar-refractivity contribution in [3.8, 4) is 5.75 Å². The Morgan fingerprint density at radius 1 is 1.18 bits per heavy atom. The third kappa shape index (κ3) is 6.30. The zero-order chi connectivity index (χ0) is 24.2. The van der Waals surface area contributed by atoms with E-state index in [4.69, 9.17) is 4.74 Å². The summed E-state index contributed by atoms with van der Waals surface area (Å²) in [5.74, 6) is -0.303. The quantitative estimate of drug-likeness (QED) is 0.583. The number of hydrogen-bond donors (Lipinski definition) is 2. The maximum atomic E-state index is 13.2. The van der Waals surface area contributed by atoms with Crippen LogP contribution in [0.25, 0.3) is 0 Å². The number of carbonyl (C=O) groups is 2. The minimum absolute atomic E-state index is 0.0644. The molecule has 0 aliphatic carbocycles. The number of hydrogen-bond acceptors (Lipinski definition) is 7. The highest BCUT2D eigenvalue weighted by Gasteiger charge is 2.34. The number of carbonyl (C=O) groups excluding carboxylic acids is 2. The van der Waals surface area contributed by atoms with Crippen molar-refractivity contribution in [1.29, 1.82) is 0 Å². The van der Waals surface area contributed by atoms with Crippen LogP contribution in [0.3, 0.4) is 0 Å². The average molecular weight is 495 g/mol. The number of methoxy groups -OCH3 is 1. The number of piperidine rings is 1. The highest BCUT2D eigenvalue weighted by atomic mass is 32.2. The van der Waals surface area contributed by atoms with E-state index in [1.54, 1.807) is 30.9 Å². The van der Waals surface area contributed by atoms with Gasteiger partial charge in [0.05, 0.1) is 17.7 Å². The first kappa shape index (κ1) is 25.1. The third-order valence-electron chi connectivity index (χ3n) is 5.61. The van der Waals surface area contributed by atoms with Crippen LogP contribution in [-0.2, 0) is 19.6 Å². The Morgan fingerprint density at radius 2 is 1.82 bits per heavy atom. The molecule has 0 spiro atoms. The number of anilines is 1. The largest absolute Gasteiger partial charge is 0.497 e. The number of aryl methyl sites for hydroxylation is 1. The fourth-order valence-electron chi connectivity index (χ4n) is 3.64. The number of amides is 2. The first-order chi connectivity index (χ1) is 15.6. The lowest BCUT2D eigenvalue weighted by molar-refractivity contribution is -0.137. The topological polar surface area (TPSA) is 118 Å². The summed E-state index contributed by atoms with van der Waals surface area (Å²) in [5.41, 5.74) is 0.854. The maximum Gasteiger partial charge on any atom is 0.241 e. The van der Waals surface area contributed by atoms with Gasteiger partial charge in [0, 0.05) is 24.4 Å². The number of rotatable bonds is 8. The van der Waals surface area contributed by atoms with Crippen molar-refractivity contribution in [2.45, 2.75) is 44.6 Å². The lowest BCUT2D eigenvalue weighted by Crippen LogP contribution is -2.53. The van der Waals surface area contributed by atoms with Gasteiger partial charge in [-0.3, -0.25) is 9.59 Å². The second-order valence-electron chi connectivity index (χ2n) is 8.40. The van der Waals surface area contributed by atoms with Crippen LogP contribution in [0.1, 0.15) is 32.4 Å². The summed E-state index contributed by atoms with van der Waals surface area (Å²) < 4.78 is 33.4. The normalized spacial score (nSPS) is 16.0. The number of benzene rings is 1. The lowest BCUT2D eigenvalue weighted by Gasteiger charge is -2.34. The second-order valence-corrected chi connectivity index (χ2v) is 11.0. The summed E-state index contributed by atoms with van der Waals surface area (Å²) in [7, 11) is -2.39. The van der Waals surface area contributed by atoms with Gasteiger partial charge in [0.15, 0.2) is 5.13 Å². The lowest BCUT2D eigenvalue weighted by atomic mass is 9.94. The molecule has 1 aromatic heterocycles. The van der Waals surface area contributed by atoms with Crippen LogP contribution in [0.2, 0.25) is 0 Å². The van der Waals surface area contributed by atoms with Gasteiger partial charge in [-0.1, -0.05) is 13.8 Å². The van der Waals surface area contributed by atoms with Crippen LogP contribution in [0.5, 0.6) is 5.75 Å². The number of thiazole rings is 1. The van der Waals surface area contributed by atoms with Crippen molar-refractivity contribution in [3.05, 3.63) is 35.3 Å². The Balaban J connectivity index is 1.61. The van der Waals surface area contributed by atoms with Gasteiger partial charge in [-0.25, -0.2) is 13.4 Å². The fourth-order valence-corrected chi connectivity index (χ4v) is 5.67. The fraction of sp³-hybridized carbons (Fsp3) is 0.500. The number of ether oxygens (including phenoxy) is 1. The molecule has 1 aliphatic heterocycles. The first-order valence-corrected chi connectivity index (χ1v) is 13.1. The third-order valence-corrected chi connectivity index (χ3v) is 7.94. The molecular weight excluding hydrogens is 464 g/mol. The van der Waals surface area contributed by atoms with Crippen molar-refractivity contribution in [1.82, 2.24) is 14.6 Å². The van der Waals surface area contributed by atoms with Gasteiger partial charge in [-0.2, -0.15) is 4.72 Å². The summed E-state index contributed by atoms with van der Waals surface area (Å²) >= 11 is 1.38. The summed E-state index contributed by atoms with van der Waals surface area (Å²) in [6.45, 7) is 6.25. The van der Waals surface area contributed by atoms with Crippen LogP contribution in [0.4, 0.5) is 5.13 Å². The van der Waals surface area contributed by atoms with Gasteiger partial charge in [-0.15, -0.1) is 11.3 Å². The molecule has 11 heteroatoms. The van der Waals surface area contributed by atoms with Gasteiger partial charge in [0.25, 0.3) is 0 Å². The number of nitrogens with zero attached hydrogens (tertiary/aromatic N) is 2. The molecule has 3 rings (SSSR count). The molecule has 2 heterocycles. The van der Waals surface area contributed by atoms with Gasteiger partial charge in [0.2, 0.25) is 21.8 Å². The predicted octanol–water partition coefficient (Wildman–Crippen LogP) is 2.64. The number of sulfonamides is 1. The minimum atomic E-state index is -3.89. The molecule has 1 atom stereocenters. The van der Waals surface area contributed by atoms with E-state index in [2.05, 4.69) is 15.0 Å². The molecule has 0 saturated carbocycles. The number of aromatic nitrogens is 1. The van der Waals surface area contributed by atoms with E-state index >= 15 is 0 Å². The monoisotopic (exact) mass is 494 g/mol. The first-order valence-electron chi connectivity index (χ1n) is 10.8. The highest BCUT2D eigenvalue weighted by molar-refractivity contribution is 7.89. The van der Waals surface area contributed by atoms with Crippen LogP contribution in [-0.4, -0.2) is 56.4 Å². The minimum Gasteiger partial charge on any atom is -0.497 e. The van der Waals surface area contributed by atoms with E-state index in [1.807, 2.05) is 12.3 Å². The molecule has 180 valence electrons.